The lowest BCUT2D eigenvalue weighted by Crippen LogP contribution is -2.49. The van der Waals surface area contributed by atoms with Crippen LogP contribution in [0.5, 0.6) is 0 Å². The minimum Gasteiger partial charge on any atom is -0.335 e. The number of benzene rings is 1. The van der Waals surface area contributed by atoms with E-state index in [1.54, 1.807) is 0 Å². The Morgan fingerprint density at radius 2 is 1.62 bits per heavy atom. The van der Waals surface area contributed by atoms with E-state index in [1.807, 2.05) is 24.3 Å². The third-order valence-electron chi connectivity index (χ3n) is 5.85. The van der Waals surface area contributed by atoms with Crippen LogP contribution in [0.2, 0.25) is 0 Å². The van der Waals surface area contributed by atoms with E-state index < -0.39 is 0 Å². The molecule has 0 aromatic heterocycles. The average molecular weight is 326 g/mol. The molecule has 0 radical (unpaired) electrons. The van der Waals surface area contributed by atoms with Gasteiger partial charge in [0.2, 0.25) is 5.91 Å². The maximum atomic E-state index is 12.9. The Morgan fingerprint density at radius 3 is 2.38 bits per heavy atom. The molecule has 1 N–H and O–H groups in total. The molecular weight excluding hydrogens is 300 g/mol. The van der Waals surface area contributed by atoms with Gasteiger partial charge < -0.3 is 10.2 Å². The molecule has 24 heavy (non-hydrogen) atoms. The van der Waals surface area contributed by atoms with Crippen molar-refractivity contribution in [3.05, 3.63) is 29.8 Å². The van der Waals surface area contributed by atoms with Gasteiger partial charge in [-0.15, -0.1) is 0 Å². The highest BCUT2D eigenvalue weighted by Gasteiger charge is 2.36. The first-order valence-electron chi connectivity index (χ1n) is 9.44. The normalized spacial score (nSPS) is 26.6. The second kappa shape index (κ2) is 6.58. The van der Waals surface area contributed by atoms with Crippen LogP contribution in [0.4, 0.5) is 5.69 Å². The molecule has 1 aromatic carbocycles. The molecule has 0 spiro atoms. The van der Waals surface area contributed by atoms with E-state index >= 15 is 0 Å². The summed E-state index contributed by atoms with van der Waals surface area (Å²) in [5.74, 6) is 1.17. The maximum absolute atomic E-state index is 12.9. The van der Waals surface area contributed by atoms with Crippen LogP contribution in [0.3, 0.4) is 0 Å². The summed E-state index contributed by atoms with van der Waals surface area (Å²) in [4.78, 5) is 26.9. The summed E-state index contributed by atoms with van der Waals surface area (Å²) in [6, 6.07) is 7.87. The van der Waals surface area contributed by atoms with Crippen LogP contribution >= 0.6 is 0 Å². The predicted octanol–water partition coefficient (Wildman–Crippen LogP) is 3.83. The number of likely N-dealkylation sites (tertiary alicyclic amines) is 1. The first-order chi connectivity index (χ1) is 11.7. The van der Waals surface area contributed by atoms with Gasteiger partial charge >= 0.3 is 0 Å². The Morgan fingerprint density at radius 1 is 0.917 bits per heavy atom. The molecule has 1 aliphatic heterocycles. The molecule has 128 valence electrons. The van der Waals surface area contributed by atoms with Gasteiger partial charge in [-0.05, 0) is 68.7 Å². The number of carbonyl (C=O) groups excluding carboxylic acids is 2. The predicted molar refractivity (Wildman–Crippen MR) is 93.8 cm³/mol. The number of anilines is 1. The topological polar surface area (TPSA) is 49.4 Å². The molecule has 4 heteroatoms. The highest BCUT2D eigenvalue weighted by atomic mass is 16.2. The summed E-state index contributed by atoms with van der Waals surface area (Å²) in [5, 5.41) is 2.93. The summed E-state index contributed by atoms with van der Waals surface area (Å²) in [5.41, 5.74) is 1.53. The Bertz CT molecular complexity index is 619. The van der Waals surface area contributed by atoms with Crippen molar-refractivity contribution < 1.29 is 9.59 Å². The van der Waals surface area contributed by atoms with Crippen LogP contribution in [-0.2, 0) is 4.79 Å². The number of nitrogens with one attached hydrogen (secondary N) is 1. The van der Waals surface area contributed by atoms with Crippen LogP contribution in [0.15, 0.2) is 24.3 Å². The van der Waals surface area contributed by atoms with Gasteiger partial charge in [0.1, 0.15) is 0 Å². The molecule has 3 aliphatic rings. The number of rotatable bonds is 3. The van der Waals surface area contributed by atoms with Gasteiger partial charge in [-0.25, -0.2) is 0 Å². The van der Waals surface area contributed by atoms with Crippen LogP contribution < -0.4 is 5.32 Å². The number of nitrogens with zero attached hydrogens (tertiary/aromatic N) is 1. The maximum Gasteiger partial charge on any atom is 0.254 e. The largest absolute Gasteiger partial charge is 0.335 e. The molecule has 2 saturated carbocycles. The average Bonchev–Trinajstić information content (AvgIpc) is 3.46. The van der Waals surface area contributed by atoms with E-state index in [-0.39, 0.29) is 17.7 Å². The zero-order valence-electron chi connectivity index (χ0n) is 14.2. The summed E-state index contributed by atoms with van der Waals surface area (Å²) < 4.78 is 0. The van der Waals surface area contributed by atoms with E-state index in [2.05, 4.69) is 10.2 Å². The first-order valence-corrected chi connectivity index (χ1v) is 9.44. The minimum absolute atomic E-state index is 0.107. The summed E-state index contributed by atoms with van der Waals surface area (Å²) >= 11 is 0. The van der Waals surface area contributed by atoms with E-state index in [9.17, 15) is 9.59 Å². The summed E-state index contributed by atoms with van der Waals surface area (Å²) in [7, 11) is 0. The standard InChI is InChI=1S/C20H26N2O2/c23-19(15-7-8-15)21-17-11-9-16(10-12-17)20(24)22-13-3-5-14-4-1-2-6-18(14)22/h9-12,14-15,18H,1-8,13H2,(H,21,23). The Labute approximate surface area is 143 Å². The van der Waals surface area contributed by atoms with Crippen molar-refractivity contribution in [2.24, 2.45) is 11.8 Å². The number of fused-ring (bicyclic) bond motifs is 1. The molecule has 2 unspecified atom stereocenters. The van der Waals surface area contributed by atoms with Crippen molar-refractivity contribution in [1.29, 1.82) is 0 Å². The molecule has 4 nitrogen and oxygen atoms in total. The van der Waals surface area contributed by atoms with Gasteiger partial charge in [0, 0.05) is 29.8 Å². The van der Waals surface area contributed by atoms with Crippen molar-refractivity contribution in [1.82, 2.24) is 4.90 Å². The lowest BCUT2D eigenvalue weighted by molar-refractivity contribution is -0.117. The van der Waals surface area contributed by atoms with E-state index in [0.29, 0.717) is 12.0 Å². The summed E-state index contributed by atoms with van der Waals surface area (Å²) in [6.45, 7) is 0.889. The van der Waals surface area contributed by atoms with Crippen molar-refractivity contribution in [2.75, 3.05) is 11.9 Å². The Kier molecular flexibility index (Phi) is 4.30. The number of piperidine rings is 1. The molecule has 2 aliphatic carbocycles. The lowest BCUT2D eigenvalue weighted by Gasteiger charge is -2.44. The third kappa shape index (κ3) is 3.19. The monoisotopic (exact) mass is 326 g/mol. The minimum atomic E-state index is 0.107. The van der Waals surface area contributed by atoms with Crippen LogP contribution in [0, 0.1) is 11.8 Å². The molecule has 4 rings (SSSR count). The number of amides is 2. The Hall–Kier alpha value is -1.84. The summed E-state index contributed by atoms with van der Waals surface area (Å²) in [6.07, 6.45) is 9.41. The SMILES string of the molecule is O=C(Nc1ccc(C(=O)N2CCCC3CCCCC32)cc1)C1CC1. The quantitative estimate of drug-likeness (QED) is 0.918. The van der Waals surface area contributed by atoms with Gasteiger partial charge in [-0.2, -0.15) is 0 Å². The van der Waals surface area contributed by atoms with Crippen LogP contribution in [0.1, 0.15) is 61.7 Å². The molecule has 0 bridgehead atoms. The molecule has 1 heterocycles. The third-order valence-corrected chi connectivity index (χ3v) is 5.85. The lowest BCUT2D eigenvalue weighted by atomic mass is 9.78. The van der Waals surface area contributed by atoms with Gasteiger partial charge in [0.25, 0.3) is 5.91 Å². The fraction of sp³-hybridized carbons (Fsp3) is 0.600. The fourth-order valence-corrected chi connectivity index (χ4v) is 4.33. The van der Waals surface area contributed by atoms with E-state index in [0.717, 1.165) is 43.5 Å². The second-order valence-electron chi connectivity index (χ2n) is 7.59. The highest BCUT2D eigenvalue weighted by molar-refractivity contribution is 5.97. The van der Waals surface area contributed by atoms with E-state index in [1.165, 1.54) is 25.7 Å². The fourth-order valence-electron chi connectivity index (χ4n) is 4.33. The van der Waals surface area contributed by atoms with Gasteiger partial charge in [-0.3, -0.25) is 9.59 Å². The zero-order chi connectivity index (χ0) is 16.5. The molecule has 3 fully saturated rings. The zero-order valence-corrected chi connectivity index (χ0v) is 14.2. The molecular formula is C20H26N2O2. The van der Waals surface area contributed by atoms with E-state index in [4.69, 9.17) is 0 Å². The number of carbonyl (C=O) groups is 2. The second-order valence-corrected chi connectivity index (χ2v) is 7.59. The number of hydrogen-bond acceptors (Lipinski definition) is 2. The van der Waals surface area contributed by atoms with Gasteiger partial charge in [-0.1, -0.05) is 12.8 Å². The smallest absolute Gasteiger partial charge is 0.254 e. The van der Waals surface area contributed by atoms with Gasteiger partial charge in [0.15, 0.2) is 0 Å². The van der Waals surface area contributed by atoms with Crippen molar-refractivity contribution in [2.45, 2.75) is 57.4 Å². The molecule has 1 aromatic rings. The highest BCUT2D eigenvalue weighted by Crippen LogP contribution is 2.36. The molecule has 2 amide bonds. The van der Waals surface area contributed by atoms with Crippen LogP contribution in [-0.4, -0.2) is 29.3 Å². The van der Waals surface area contributed by atoms with Crippen LogP contribution in [0.25, 0.3) is 0 Å². The Balaban J connectivity index is 1.44. The molecule has 2 atom stereocenters. The van der Waals surface area contributed by atoms with Crippen molar-refractivity contribution in [3.63, 3.8) is 0 Å². The van der Waals surface area contributed by atoms with Gasteiger partial charge in [0.05, 0.1) is 0 Å². The first kappa shape index (κ1) is 15.7. The van der Waals surface area contributed by atoms with Crippen molar-refractivity contribution in [3.8, 4) is 0 Å². The molecule has 1 saturated heterocycles. The number of hydrogen-bond donors (Lipinski definition) is 1. The van der Waals surface area contributed by atoms with Crippen molar-refractivity contribution >= 4 is 17.5 Å².